The number of aryl methyl sites for hydroxylation is 1. The average molecular weight is 270 g/mol. The molecule has 0 spiro atoms. The van der Waals surface area contributed by atoms with Crippen molar-refractivity contribution in [2.45, 2.75) is 6.92 Å². The molecular weight excluding hydrogens is 260 g/mol. The van der Waals surface area contributed by atoms with Crippen molar-refractivity contribution in [2.24, 2.45) is 0 Å². The van der Waals surface area contributed by atoms with Gasteiger partial charge in [-0.15, -0.1) is 10.2 Å². The minimum Gasteiger partial charge on any atom is -0.478 e. The second-order valence-electron chi connectivity index (χ2n) is 4.10. The van der Waals surface area contributed by atoms with Crippen molar-refractivity contribution in [3.05, 3.63) is 48.0 Å². The minimum atomic E-state index is -0.982. The van der Waals surface area contributed by atoms with Crippen LogP contribution in [0.2, 0.25) is 0 Å². The SMILES string of the molecule is Cc1nnc2c(Oc3ccc(C(=O)O)cc3)nccn12. The molecule has 3 aromatic rings. The first kappa shape index (κ1) is 12.1. The van der Waals surface area contributed by atoms with Gasteiger partial charge < -0.3 is 9.84 Å². The number of hydrogen-bond donors (Lipinski definition) is 1. The van der Waals surface area contributed by atoms with Crippen LogP contribution in [-0.4, -0.2) is 30.7 Å². The number of rotatable bonds is 3. The summed E-state index contributed by atoms with van der Waals surface area (Å²) in [6.07, 6.45) is 3.33. The summed E-state index contributed by atoms with van der Waals surface area (Å²) >= 11 is 0. The fraction of sp³-hybridized carbons (Fsp3) is 0.0769. The van der Waals surface area contributed by atoms with Crippen molar-refractivity contribution in [1.29, 1.82) is 0 Å². The fourth-order valence-electron chi connectivity index (χ4n) is 1.77. The Morgan fingerprint density at radius 2 is 2.00 bits per heavy atom. The standard InChI is InChI=1S/C13H10N4O3/c1-8-15-16-11-12(14-6-7-17(8)11)20-10-4-2-9(3-5-10)13(18)19/h2-7H,1H3,(H,18,19). The average Bonchev–Trinajstić information content (AvgIpc) is 2.82. The lowest BCUT2D eigenvalue weighted by molar-refractivity contribution is 0.0697. The third-order valence-corrected chi connectivity index (χ3v) is 2.78. The Morgan fingerprint density at radius 1 is 1.25 bits per heavy atom. The summed E-state index contributed by atoms with van der Waals surface area (Å²) < 4.78 is 7.37. The molecule has 3 rings (SSSR count). The van der Waals surface area contributed by atoms with Gasteiger partial charge in [-0.2, -0.15) is 0 Å². The summed E-state index contributed by atoms with van der Waals surface area (Å²) in [7, 11) is 0. The molecule has 100 valence electrons. The Morgan fingerprint density at radius 3 is 2.70 bits per heavy atom. The summed E-state index contributed by atoms with van der Waals surface area (Å²) in [6.45, 7) is 1.82. The van der Waals surface area contributed by atoms with E-state index in [2.05, 4.69) is 15.2 Å². The number of carboxylic acid groups (broad SMARTS) is 1. The number of benzene rings is 1. The van der Waals surface area contributed by atoms with E-state index in [1.165, 1.54) is 12.1 Å². The first-order chi connectivity index (χ1) is 9.65. The highest BCUT2D eigenvalue weighted by Gasteiger charge is 2.10. The third-order valence-electron chi connectivity index (χ3n) is 2.78. The van der Waals surface area contributed by atoms with Gasteiger partial charge in [0.15, 0.2) is 0 Å². The van der Waals surface area contributed by atoms with Gasteiger partial charge in [-0.05, 0) is 31.2 Å². The lowest BCUT2D eigenvalue weighted by Gasteiger charge is -2.05. The highest BCUT2D eigenvalue weighted by molar-refractivity contribution is 5.87. The maximum absolute atomic E-state index is 10.8. The van der Waals surface area contributed by atoms with Gasteiger partial charge in [-0.1, -0.05) is 0 Å². The summed E-state index contributed by atoms with van der Waals surface area (Å²) in [6, 6.07) is 6.06. The second kappa shape index (κ2) is 4.61. The van der Waals surface area contributed by atoms with Gasteiger partial charge in [0, 0.05) is 12.4 Å². The van der Waals surface area contributed by atoms with E-state index in [0.29, 0.717) is 17.3 Å². The number of aromatic nitrogens is 4. The molecule has 1 aromatic carbocycles. The number of ether oxygens (including phenoxy) is 1. The fourth-order valence-corrected chi connectivity index (χ4v) is 1.77. The van der Waals surface area contributed by atoms with Gasteiger partial charge in [-0.3, -0.25) is 4.40 Å². The van der Waals surface area contributed by atoms with Crippen LogP contribution < -0.4 is 4.74 Å². The molecule has 0 amide bonds. The molecule has 0 aliphatic heterocycles. The smallest absolute Gasteiger partial charge is 0.335 e. The summed E-state index contributed by atoms with van der Waals surface area (Å²) in [5.41, 5.74) is 0.703. The van der Waals surface area contributed by atoms with Gasteiger partial charge in [0.1, 0.15) is 11.6 Å². The van der Waals surface area contributed by atoms with E-state index in [9.17, 15) is 4.79 Å². The molecule has 0 bridgehead atoms. The minimum absolute atomic E-state index is 0.196. The van der Waals surface area contributed by atoms with Gasteiger partial charge in [-0.25, -0.2) is 9.78 Å². The molecule has 0 radical (unpaired) electrons. The molecule has 0 aliphatic rings. The number of nitrogens with zero attached hydrogens (tertiary/aromatic N) is 4. The summed E-state index contributed by atoms with van der Waals surface area (Å²) in [4.78, 5) is 14.9. The number of carboxylic acids is 1. The lowest BCUT2D eigenvalue weighted by atomic mass is 10.2. The maximum Gasteiger partial charge on any atom is 0.335 e. The van der Waals surface area contributed by atoms with Gasteiger partial charge in [0.05, 0.1) is 5.56 Å². The lowest BCUT2D eigenvalue weighted by Crippen LogP contribution is -1.97. The van der Waals surface area contributed by atoms with Crippen molar-refractivity contribution in [3.63, 3.8) is 0 Å². The van der Waals surface area contributed by atoms with E-state index in [4.69, 9.17) is 9.84 Å². The van der Waals surface area contributed by atoms with E-state index >= 15 is 0 Å². The summed E-state index contributed by atoms with van der Waals surface area (Å²) in [5.74, 6) is 0.547. The Hall–Kier alpha value is -2.96. The zero-order valence-corrected chi connectivity index (χ0v) is 10.5. The zero-order valence-electron chi connectivity index (χ0n) is 10.5. The Balaban J connectivity index is 1.95. The Bertz CT molecular complexity index is 780. The van der Waals surface area contributed by atoms with Gasteiger partial charge in [0.25, 0.3) is 5.88 Å². The zero-order chi connectivity index (χ0) is 14.1. The molecule has 1 N–H and O–H groups in total. The predicted molar refractivity (Wildman–Crippen MR) is 69.0 cm³/mol. The normalized spacial score (nSPS) is 10.7. The number of carbonyl (C=O) groups is 1. The topological polar surface area (TPSA) is 89.6 Å². The van der Waals surface area contributed by atoms with Crippen molar-refractivity contribution in [2.75, 3.05) is 0 Å². The van der Waals surface area contributed by atoms with Crippen molar-refractivity contribution < 1.29 is 14.6 Å². The van der Waals surface area contributed by atoms with Crippen LogP contribution in [0.5, 0.6) is 11.6 Å². The molecule has 0 saturated heterocycles. The molecule has 7 nitrogen and oxygen atoms in total. The van der Waals surface area contributed by atoms with E-state index in [-0.39, 0.29) is 5.56 Å². The van der Waals surface area contributed by atoms with E-state index in [1.807, 2.05) is 6.92 Å². The number of hydrogen-bond acceptors (Lipinski definition) is 5. The molecule has 20 heavy (non-hydrogen) atoms. The number of aromatic carboxylic acids is 1. The van der Waals surface area contributed by atoms with Gasteiger partial charge >= 0.3 is 5.97 Å². The Labute approximate surface area is 113 Å². The van der Waals surface area contributed by atoms with Gasteiger partial charge in [0.2, 0.25) is 5.65 Å². The Kier molecular flexibility index (Phi) is 2.79. The third kappa shape index (κ3) is 2.05. The van der Waals surface area contributed by atoms with Crippen LogP contribution >= 0.6 is 0 Å². The summed E-state index contributed by atoms with van der Waals surface area (Å²) in [5, 5.41) is 16.8. The van der Waals surface area contributed by atoms with E-state index in [1.54, 1.807) is 28.9 Å². The van der Waals surface area contributed by atoms with Crippen molar-refractivity contribution >= 4 is 11.6 Å². The second-order valence-corrected chi connectivity index (χ2v) is 4.10. The molecule has 2 aromatic heterocycles. The van der Waals surface area contributed by atoms with Crippen LogP contribution in [0.25, 0.3) is 5.65 Å². The largest absolute Gasteiger partial charge is 0.478 e. The van der Waals surface area contributed by atoms with Crippen molar-refractivity contribution in [1.82, 2.24) is 19.6 Å². The van der Waals surface area contributed by atoms with Crippen LogP contribution in [0, 0.1) is 6.92 Å². The molecule has 0 aliphatic carbocycles. The maximum atomic E-state index is 10.8. The molecule has 0 saturated carbocycles. The highest BCUT2D eigenvalue weighted by atomic mass is 16.5. The van der Waals surface area contributed by atoms with Crippen LogP contribution in [0.15, 0.2) is 36.7 Å². The van der Waals surface area contributed by atoms with E-state index < -0.39 is 5.97 Å². The molecule has 0 unspecified atom stereocenters. The van der Waals surface area contributed by atoms with Crippen LogP contribution in [0.4, 0.5) is 0 Å². The van der Waals surface area contributed by atoms with Crippen LogP contribution in [0.1, 0.15) is 16.2 Å². The quantitative estimate of drug-likeness (QED) is 0.782. The van der Waals surface area contributed by atoms with Crippen molar-refractivity contribution in [3.8, 4) is 11.6 Å². The van der Waals surface area contributed by atoms with Crippen LogP contribution in [0.3, 0.4) is 0 Å². The van der Waals surface area contributed by atoms with E-state index in [0.717, 1.165) is 5.82 Å². The monoisotopic (exact) mass is 270 g/mol. The van der Waals surface area contributed by atoms with Crippen LogP contribution in [-0.2, 0) is 0 Å². The molecule has 0 fully saturated rings. The first-order valence-electron chi connectivity index (χ1n) is 5.83. The molecule has 0 atom stereocenters. The molecule has 7 heteroatoms. The predicted octanol–water partition coefficient (Wildman–Crippen LogP) is 1.92. The highest BCUT2D eigenvalue weighted by Crippen LogP contribution is 2.23. The number of fused-ring (bicyclic) bond motifs is 1. The molecule has 2 heterocycles. The first-order valence-corrected chi connectivity index (χ1v) is 5.83. The molecular formula is C13H10N4O3.